The van der Waals surface area contributed by atoms with Gasteiger partial charge in [-0.2, -0.15) is 4.39 Å². The van der Waals surface area contributed by atoms with Crippen LogP contribution in [0.25, 0.3) is 0 Å². The zero-order chi connectivity index (χ0) is 15.4. The van der Waals surface area contributed by atoms with Crippen molar-refractivity contribution in [3.05, 3.63) is 67.0 Å². The highest BCUT2D eigenvalue weighted by Gasteiger charge is 2.26. The first-order chi connectivity index (χ1) is 10.0. The zero-order valence-corrected chi connectivity index (χ0v) is 13.5. The van der Waals surface area contributed by atoms with Crippen molar-refractivity contribution in [2.24, 2.45) is 0 Å². The van der Waals surface area contributed by atoms with Crippen molar-refractivity contribution in [1.29, 1.82) is 0 Å². The Morgan fingerprint density at radius 2 is 2.00 bits per heavy atom. The summed E-state index contributed by atoms with van der Waals surface area (Å²) in [5, 5.41) is 11.1. The van der Waals surface area contributed by atoms with Crippen molar-refractivity contribution >= 4 is 28.3 Å². The van der Waals surface area contributed by atoms with Crippen LogP contribution < -0.4 is 4.74 Å². The summed E-state index contributed by atoms with van der Waals surface area (Å²) in [6.07, 6.45) is 0.578. The molecule has 0 amide bonds. The number of rotatable bonds is 5. The van der Waals surface area contributed by atoms with E-state index in [0.29, 0.717) is 12.0 Å². The molecule has 0 radical (unpaired) electrons. The third kappa shape index (κ3) is 3.49. The summed E-state index contributed by atoms with van der Waals surface area (Å²) in [5.74, 6) is -0.860. The monoisotopic (exact) mass is 401 g/mol. The van der Waals surface area contributed by atoms with Crippen molar-refractivity contribution in [2.45, 2.75) is 20.0 Å². The summed E-state index contributed by atoms with van der Waals surface area (Å²) in [5.41, 5.74) is 0.957. The molecule has 2 aromatic carbocycles. The summed E-state index contributed by atoms with van der Waals surface area (Å²) in [6.45, 7) is 2.02. The van der Waals surface area contributed by atoms with Gasteiger partial charge >= 0.3 is 5.69 Å². The third-order valence-corrected chi connectivity index (χ3v) is 4.19. The number of nitrogens with zero attached hydrogens (tertiary/aromatic N) is 1. The molecule has 0 unspecified atom stereocenters. The third-order valence-electron chi connectivity index (χ3n) is 3.02. The van der Waals surface area contributed by atoms with Gasteiger partial charge in [-0.1, -0.05) is 37.3 Å². The summed E-state index contributed by atoms with van der Waals surface area (Å²) >= 11 is 1.79. The minimum Gasteiger partial charge on any atom is -0.482 e. The van der Waals surface area contributed by atoms with Crippen molar-refractivity contribution < 1.29 is 14.1 Å². The molecule has 21 heavy (non-hydrogen) atoms. The number of hydrogen-bond acceptors (Lipinski definition) is 3. The molecular formula is C15H13FINO3. The maximum Gasteiger partial charge on any atom is 0.347 e. The predicted octanol–water partition coefficient (Wildman–Crippen LogP) is 4.48. The molecule has 0 fully saturated rings. The van der Waals surface area contributed by atoms with Crippen LogP contribution in [-0.2, 0) is 13.0 Å². The summed E-state index contributed by atoms with van der Waals surface area (Å²) < 4.78 is 19.9. The lowest BCUT2D eigenvalue weighted by Gasteiger charge is -2.11. The summed E-state index contributed by atoms with van der Waals surface area (Å²) in [7, 11) is 0. The Balaban J connectivity index is 2.37. The molecule has 0 saturated carbocycles. The van der Waals surface area contributed by atoms with Gasteiger partial charge < -0.3 is 4.74 Å². The Labute approximate surface area is 135 Å². The van der Waals surface area contributed by atoms with Gasteiger partial charge in [0.25, 0.3) is 0 Å². The fourth-order valence-electron chi connectivity index (χ4n) is 1.92. The van der Waals surface area contributed by atoms with Crippen molar-refractivity contribution in [1.82, 2.24) is 0 Å². The molecule has 2 rings (SSSR count). The van der Waals surface area contributed by atoms with E-state index in [0.717, 1.165) is 5.56 Å². The average molecular weight is 401 g/mol. The van der Waals surface area contributed by atoms with Crippen molar-refractivity contribution in [3.63, 3.8) is 0 Å². The van der Waals surface area contributed by atoms with Gasteiger partial charge in [0.2, 0.25) is 11.6 Å². The zero-order valence-electron chi connectivity index (χ0n) is 11.3. The van der Waals surface area contributed by atoms with Gasteiger partial charge in [-0.15, -0.1) is 0 Å². The van der Waals surface area contributed by atoms with Crippen LogP contribution >= 0.6 is 22.6 Å². The molecule has 0 bridgehead atoms. The Kier molecular flexibility index (Phi) is 5.11. The number of aryl methyl sites for hydroxylation is 1. The minimum atomic E-state index is -0.831. The molecule has 0 aliphatic heterocycles. The molecule has 110 valence electrons. The lowest BCUT2D eigenvalue weighted by atomic mass is 10.1. The molecule has 2 aromatic rings. The van der Waals surface area contributed by atoms with Gasteiger partial charge in [-0.05, 0) is 46.2 Å². The lowest BCUT2D eigenvalue weighted by molar-refractivity contribution is -0.388. The number of nitro groups is 1. The van der Waals surface area contributed by atoms with Crippen LogP contribution in [0.15, 0.2) is 36.4 Å². The average Bonchev–Trinajstić information content (AvgIpc) is 2.48. The second-order valence-electron chi connectivity index (χ2n) is 4.40. The summed E-state index contributed by atoms with van der Waals surface area (Å²) in [4.78, 5) is 10.3. The Hall–Kier alpha value is -1.70. The molecule has 0 aromatic heterocycles. The number of halogens is 2. The van der Waals surface area contributed by atoms with E-state index in [4.69, 9.17) is 4.74 Å². The second kappa shape index (κ2) is 6.84. The first-order valence-electron chi connectivity index (χ1n) is 6.36. The summed E-state index contributed by atoms with van der Waals surface area (Å²) in [6, 6.07) is 10.8. The van der Waals surface area contributed by atoms with E-state index in [1.807, 2.05) is 37.3 Å². The van der Waals surface area contributed by atoms with E-state index in [-0.39, 0.29) is 15.9 Å². The van der Waals surface area contributed by atoms with Crippen molar-refractivity contribution in [3.8, 4) is 5.75 Å². The topological polar surface area (TPSA) is 52.4 Å². The highest BCUT2D eigenvalue weighted by atomic mass is 127. The van der Waals surface area contributed by atoms with E-state index in [1.165, 1.54) is 0 Å². The number of hydrogen-bond donors (Lipinski definition) is 0. The fourth-order valence-corrected chi connectivity index (χ4v) is 2.71. The molecule has 0 aliphatic carbocycles. The standard InChI is InChI=1S/C15H13FINO3/c1-2-11-8-12(15(18(19)20)13(16)14(11)17)21-9-10-6-4-3-5-7-10/h3-8H,2,9H2,1H3. The quantitative estimate of drug-likeness (QED) is 0.422. The lowest BCUT2D eigenvalue weighted by Crippen LogP contribution is -2.04. The van der Waals surface area contributed by atoms with E-state index in [2.05, 4.69) is 0 Å². The molecule has 6 heteroatoms. The van der Waals surface area contributed by atoms with Crippen LogP contribution in [0.1, 0.15) is 18.1 Å². The molecule has 0 N–H and O–H groups in total. The SMILES string of the molecule is CCc1cc(OCc2ccccc2)c([N+](=O)[O-])c(F)c1I. The normalized spacial score (nSPS) is 10.4. The van der Waals surface area contributed by atoms with Crippen LogP contribution in [0.5, 0.6) is 5.75 Å². The molecule has 0 spiro atoms. The van der Waals surface area contributed by atoms with Crippen molar-refractivity contribution in [2.75, 3.05) is 0 Å². The number of benzene rings is 2. The molecule has 4 nitrogen and oxygen atoms in total. The van der Waals surface area contributed by atoms with Crippen LogP contribution in [0, 0.1) is 19.5 Å². The number of nitro benzene ring substituents is 1. The highest BCUT2D eigenvalue weighted by molar-refractivity contribution is 14.1. The van der Waals surface area contributed by atoms with Crippen LogP contribution in [0.4, 0.5) is 10.1 Å². The Morgan fingerprint density at radius 3 is 2.57 bits per heavy atom. The Morgan fingerprint density at radius 1 is 1.33 bits per heavy atom. The predicted molar refractivity (Wildman–Crippen MR) is 85.9 cm³/mol. The van der Waals surface area contributed by atoms with E-state index in [1.54, 1.807) is 28.7 Å². The maximum atomic E-state index is 14.2. The maximum absolute atomic E-state index is 14.2. The largest absolute Gasteiger partial charge is 0.482 e. The molecule has 0 saturated heterocycles. The van der Waals surface area contributed by atoms with Crippen LogP contribution in [0.2, 0.25) is 0 Å². The first kappa shape index (κ1) is 15.7. The fraction of sp³-hybridized carbons (Fsp3) is 0.200. The first-order valence-corrected chi connectivity index (χ1v) is 7.44. The van der Waals surface area contributed by atoms with Crippen LogP contribution in [0.3, 0.4) is 0 Å². The van der Waals surface area contributed by atoms with E-state index < -0.39 is 16.4 Å². The Bertz CT molecular complexity index is 662. The number of ether oxygens (including phenoxy) is 1. The smallest absolute Gasteiger partial charge is 0.347 e. The molecular weight excluding hydrogens is 388 g/mol. The van der Waals surface area contributed by atoms with E-state index in [9.17, 15) is 14.5 Å². The highest BCUT2D eigenvalue weighted by Crippen LogP contribution is 2.36. The minimum absolute atomic E-state index is 0.0291. The van der Waals surface area contributed by atoms with Gasteiger partial charge in [-0.3, -0.25) is 10.1 Å². The van der Waals surface area contributed by atoms with Crippen LogP contribution in [-0.4, -0.2) is 4.92 Å². The molecule has 0 atom stereocenters. The molecule has 0 aliphatic rings. The van der Waals surface area contributed by atoms with Gasteiger partial charge in [0.1, 0.15) is 6.61 Å². The van der Waals surface area contributed by atoms with Gasteiger partial charge in [0.05, 0.1) is 8.49 Å². The van der Waals surface area contributed by atoms with Gasteiger partial charge in [0, 0.05) is 0 Å². The van der Waals surface area contributed by atoms with Gasteiger partial charge in [0.15, 0.2) is 0 Å². The second-order valence-corrected chi connectivity index (χ2v) is 5.47. The van der Waals surface area contributed by atoms with E-state index >= 15 is 0 Å². The molecule has 0 heterocycles. The van der Waals surface area contributed by atoms with Gasteiger partial charge in [-0.25, -0.2) is 0 Å².